The molecule has 2 fully saturated rings. The average Bonchev–Trinajstić information content (AvgIpc) is 3.00. The van der Waals surface area contributed by atoms with Gasteiger partial charge in [0.25, 0.3) is 0 Å². The van der Waals surface area contributed by atoms with Crippen molar-refractivity contribution in [3.8, 4) is 12.1 Å². The lowest BCUT2D eigenvalue weighted by Crippen LogP contribution is -2.41. The Kier molecular flexibility index (Phi) is 3.93. The maximum Gasteiger partial charge on any atom is 0.497 e. The Hall–Kier alpha value is -2.28. The van der Waals surface area contributed by atoms with Crippen LogP contribution in [0, 0.1) is 35.5 Å². The van der Waals surface area contributed by atoms with Crippen LogP contribution in [0.4, 0.5) is 0 Å². The van der Waals surface area contributed by atoms with E-state index in [-0.39, 0.29) is 5.92 Å². The maximum atomic E-state index is 9.48. The standard InChI is InChI=1S/C21H24BN3O2/c1-13-6-19-17(9-15(13)11-24)18(12-25(19)16-7-14(8-16)10-23)22-26-20(2,3)21(4,5)27-22/h6,9,12,14,16H,7-8H2,1-5H3. The molecule has 0 radical (unpaired) electrons. The highest BCUT2D eigenvalue weighted by Crippen LogP contribution is 2.41. The Morgan fingerprint density at radius 3 is 2.30 bits per heavy atom. The molecule has 4 rings (SSSR count). The van der Waals surface area contributed by atoms with Crippen LogP contribution < -0.4 is 5.46 Å². The Balaban J connectivity index is 1.84. The summed E-state index contributed by atoms with van der Waals surface area (Å²) in [7, 11) is -0.472. The summed E-state index contributed by atoms with van der Waals surface area (Å²) in [5.41, 5.74) is 2.83. The number of hydrogen-bond acceptors (Lipinski definition) is 4. The first-order valence-corrected chi connectivity index (χ1v) is 9.47. The molecule has 2 aliphatic rings. The average molecular weight is 361 g/mol. The van der Waals surface area contributed by atoms with Crippen LogP contribution in [0.2, 0.25) is 0 Å². The first-order chi connectivity index (χ1) is 12.7. The second kappa shape index (κ2) is 5.86. The van der Waals surface area contributed by atoms with Crippen LogP contribution in [0.15, 0.2) is 18.3 Å². The summed E-state index contributed by atoms with van der Waals surface area (Å²) in [6, 6.07) is 8.97. The van der Waals surface area contributed by atoms with Gasteiger partial charge in [-0.3, -0.25) is 0 Å². The van der Waals surface area contributed by atoms with Gasteiger partial charge in [-0.1, -0.05) is 0 Å². The molecule has 1 saturated heterocycles. The van der Waals surface area contributed by atoms with E-state index in [1.54, 1.807) is 0 Å². The molecule has 6 heteroatoms. The zero-order valence-corrected chi connectivity index (χ0v) is 16.5. The topological polar surface area (TPSA) is 71.0 Å². The van der Waals surface area contributed by atoms with Gasteiger partial charge in [-0.05, 0) is 65.2 Å². The van der Waals surface area contributed by atoms with E-state index in [1.165, 1.54) is 0 Å². The van der Waals surface area contributed by atoms with Gasteiger partial charge in [0.15, 0.2) is 0 Å². The maximum absolute atomic E-state index is 9.48. The summed E-state index contributed by atoms with van der Waals surface area (Å²) in [5, 5.41) is 19.6. The van der Waals surface area contributed by atoms with Crippen molar-refractivity contribution in [2.24, 2.45) is 5.92 Å². The monoisotopic (exact) mass is 361 g/mol. The van der Waals surface area contributed by atoms with E-state index < -0.39 is 18.3 Å². The lowest BCUT2D eigenvalue weighted by atomic mass is 9.78. The van der Waals surface area contributed by atoms with Gasteiger partial charge in [-0.2, -0.15) is 10.5 Å². The summed E-state index contributed by atoms with van der Waals surface area (Å²) in [4.78, 5) is 0. The van der Waals surface area contributed by atoms with E-state index in [0.717, 1.165) is 34.8 Å². The molecule has 2 heterocycles. The van der Waals surface area contributed by atoms with Crippen LogP contribution in [0.1, 0.15) is 57.7 Å². The van der Waals surface area contributed by atoms with Crippen molar-refractivity contribution in [3.05, 3.63) is 29.5 Å². The molecule has 1 aromatic heterocycles. The number of aryl methyl sites for hydroxylation is 1. The zero-order valence-electron chi connectivity index (χ0n) is 16.5. The smallest absolute Gasteiger partial charge is 0.399 e. The van der Waals surface area contributed by atoms with Gasteiger partial charge < -0.3 is 13.9 Å². The van der Waals surface area contributed by atoms with Crippen LogP contribution >= 0.6 is 0 Å². The molecule has 138 valence electrons. The molecule has 1 aliphatic heterocycles. The van der Waals surface area contributed by atoms with Crippen molar-refractivity contribution in [2.45, 2.75) is 64.7 Å². The predicted octanol–water partition coefficient (Wildman–Crippen LogP) is 3.60. The number of fused-ring (bicyclic) bond motifs is 1. The van der Waals surface area contributed by atoms with Crippen molar-refractivity contribution in [3.63, 3.8) is 0 Å². The molecule has 1 saturated carbocycles. The second-order valence-electron chi connectivity index (χ2n) is 8.83. The highest BCUT2D eigenvalue weighted by Gasteiger charge is 2.52. The number of hydrogen-bond donors (Lipinski definition) is 0. The van der Waals surface area contributed by atoms with Gasteiger partial charge in [0.2, 0.25) is 0 Å². The van der Waals surface area contributed by atoms with Crippen LogP contribution in [0.25, 0.3) is 10.9 Å². The lowest BCUT2D eigenvalue weighted by molar-refractivity contribution is 0.00578. The largest absolute Gasteiger partial charge is 0.497 e. The summed E-state index contributed by atoms with van der Waals surface area (Å²) in [6.45, 7) is 10.1. The Morgan fingerprint density at radius 2 is 1.74 bits per heavy atom. The van der Waals surface area contributed by atoms with E-state index in [1.807, 2.05) is 40.7 Å². The minimum atomic E-state index is -0.472. The van der Waals surface area contributed by atoms with Gasteiger partial charge in [0.05, 0.1) is 34.8 Å². The minimum absolute atomic E-state index is 0.132. The summed E-state index contributed by atoms with van der Waals surface area (Å²) < 4.78 is 14.8. The van der Waals surface area contributed by atoms with Crippen molar-refractivity contribution < 1.29 is 9.31 Å². The molecule has 0 spiro atoms. The SMILES string of the molecule is Cc1cc2c(cc1C#N)c(B1OC(C)(C)C(C)(C)O1)cn2C1CC(C#N)C1. The number of benzene rings is 1. The summed E-state index contributed by atoms with van der Waals surface area (Å²) in [6.07, 6.45) is 3.83. The van der Waals surface area contributed by atoms with Gasteiger partial charge >= 0.3 is 7.12 Å². The van der Waals surface area contributed by atoms with Crippen LogP contribution in [0.5, 0.6) is 0 Å². The lowest BCUT2D eigenvalue weighted by Gasteiger charge is -2.32. The number of aromatic nitrogens is 1. The Labute approximate surface area is 160 Å². The molecule has 27 heavy (non-hydrogen) atoms. The molecule has 0 atom stereocenters. The molecular formula is C21H24BN3O2. The van der Waals surface area contributed by atoms with Crippen molar-refractivity contribution in [1.82, 2.24) is 4.57 Å². The molecule has 1 aromatic carbocycles. The number of nitrogens with zero attached hydrogens (tertiary/aromatic N) is 3. The predicted molar refractivity (Wildman–Crippen MR) is 104 cm³/mol. The van der Waals surface area contributed by atoms with Gasteiger partial charge in [0, 0.05) is 28.6 Å². The second-order valence-corrected chi connectivity index (χ2v) is 8.83. The van der Waals surface area contributed by atoms with Crippen LogP contribution in [0.3, 0.4) is 0 Å². The van der Waals surface area contributed by atoms with E-state index in [4.69, 9.17) is 14.6 Å². The number of nitriles is 2. The van der Waals surface area contributed by atoms with E-state index in [2.05, 4.69) is 29.0 Å². The van der Waals surface area contributed by atoms with Crippen LogP contribution in [-0.4, -0.2) is 22.9 Å². The van der Waals surface area contributed by atoms with Crippen molar-refractivity contribution >= 4 is 23.5 Å². The third-order valence-electron chi connectivity index (χ3n) is 6.53. The molecule has 1 aliphatic carbocycles. The molecule has 5 nitrogen and oxygen atoms in total. The van der Waals surface area contributed by atoms with Crippen LogP contribution in [-0.2, 0) is 9.31 Å². The molecule has 0 bridgehead atoms. The highest BCUT2D eigenvalue weighted by molar-refractivity contribution is 6.65. The van der Waals surface area contributed by atoms with Gasteiger partial charge in [-0.15, -0.1) is 0 Å². The van der Waals surface area contributed by atoms with Gasteiger partial charge in [-0.25, -0.2) is 0 Å². The van der Waals surface area contributed by atoms with E-state index >= 15 is 0 Å². The number of rotatable bonds is 2. The van der Waals surface area contributed by atoms with E-state index in [9.17, 15) is 5.26 Å². The fraction of sp³-hybridized carbons (Fsp3) is 0.524. The van der Waals surface area contributed by atoms with E-state index in [0.29, 0.717) is 11.6 Å². The summed E-state index contributed by atoms with van der Waals surface area (Å²) in [5.74, 6) is 0.132. The molecule has 0 unspecified atom stereocenters. The molecular weight excluding hydrogens is 337 g/mol. The highest BCUT2D eigenvalue weighted by atomic mass is 16.7. The van der Waals surface area contributed by atoms with Crippen molar-refractivity contribution in [2.75, 3.05) is 0 Å². The van der Waals surface area contributed by atoms with Gasteiger partial charge in [0.1, 0.15) is 0 Å². The fourth-order valence-electron chi connectivity index (χ4n) is 3.93. The normalized spacial score (nSPS) is 25.8. The molecule has 2 aromatic rings. The Morgan fingerprint density at radius 1 is 1.11 bits per heavy atom. The summed E-state index contributed by atoms with van der Waals surface area (Å²) >= 11 is 0. The third kappa shape index (κ3) is 2.67. The third-order valence-corrected chi connectivity index (χ3v) is 6.53. The quantitative estimate of drug-likeness (QED) is 0.767. The molecule has 0 N–H and O–H groups in total. The Bertz CT molecular complexity index is 987. The fourth-order valence-corrected chi connectivity index (χ4v) is 3.93. The molecule has 0 amide bonds. The first kappa shape index (κ1) is 18.1. The van der Waals surface area contributed by atoms with Crippen molar-refractivity contribution in [1.29, 1.82) is 10.5 Å². The first-order valence-electron chi connectivity index (χ1n) is 9.47. The zero-order chi connectivity index (χ0) is 19.6. The minimum Gasteiger partial charge on any atom is -0.399 e.